The van der Waals surface area contributed by atoms with E-state index in [1.54, 1.807) is 18.0 Å². The van der Waals surface area contributed by atoms with Crippen LogP contribution in [0.5, 0.6) is 0 Å². The van der Waals surface area contributed by atoms with E-state index in [2.05, 4.69) is 13.0 Å². The number of aliphatic hydroxyl groups is 1. The molecule has 0 bridgehead atoms. The van der Waals surface area contributed by atoms with Crippen molar-refractivity contribution in [2.45, 2.75) is 45.1 Å². The Bertz CT molecular complexity index is 542. The summed E-state index contributed by atoms with van der Waals surface area (Å²) in [5.74, 6) is -0.0599. The van der Waals surface area contributed by atoms with Crippen LogP contribution in [0.1, 0.15) is 42.4 Å². The lowest BCUT2D eigenvalue weighted by molar-refractivity contribution is -0.127. The summed E-state index contributed by atoms with van der Waals surface area (Å²) in [6, 6.07) is 6.18. The van der Waals surface area contributed by atoms with Crippen LogP contribution < -0.4 is 0 Å². The van der Waals surface area contributed by atoms with Gasteiger partial charge in [-0.05, 0) is 43.9 Å². The van der Waals surface area contributed by atoms with Gasteiger partial charge in [-0.15, -0.1) is 0 Å². The van der Waals surface area contributed by atoms with Crippen LogP contribution in [0.4, 0.5) is 0 Å². The van der Waals surface area contributed by atoms with Gasteiger partial charge in [0.1, 0.15) is 0 Å². The Kier molecular flexibility index (Phi) is 4.84. The van der Waals surface area contributed by atoms with Gasteiger partial charge >= 0.3 is 0 Å². The molecular formula is C18H25NO2. The maximum Gasteiger partial charge on any atom is 0.246 e. The first-order chi connectivity index (χ1) is 9.89. The smallest absolute Gasteiger partial charge is 0.246 e. The highest BCUT2D eigenvalue weighted by Crippen LogP contribution is 2.29. The number of aryl methyl sites for hydroxylation is 2. The fraction of sp³-hybridized carbons (Fsp3) is 0.500. The van der Waals surface area contributed by atoms with E-state index in [-0.39, 0.29) is 5.91 Å². The highest BCUT2D eigenvalue weighted by atomic mass is 16.3. The van der Waals surface area contributed by atoms with Crippen molar-refractivity contribution in [3.05, 3.63) is 41.0 Å². The molecule has 1 aromatic rings. The van der Waals surface area contributed by atoms with Crippen LogP contribution in [0.2, 0.25) is 0 Å². The van der Waals surface area contributed by atoms with E-state index in [4.69, 9.17) is 0 Å². The Morgan fingerprint density at radius 2 is 2.00 bits per heavy atom. The first-order valence-electron chi connectivity index (χ1n) is 7.62. The van der Waals surface area contributed by atoms with Crippen molar-refractivity contribution in [1.82, 2.24) is 4.90 Å². The van der Waals surface area contributed by atoms with E-state index >= 15 is 0 Å². The zero-order valence-electron chi connectivity index (χ0n) is 13.2. The Morgan fingerprint density at radius 1 is 1.33 bits per heavy atom. The van der Waals surface area contributed by atoms with E-state index < -0.39 is 5.60 Å². The van der Waals surface area contributed by atoms with Crippen molar-refractivity contribution in [1.29, 1.82) is 0 Å². The van der Waals surface area contributed by atoms with Gasteiger partial charge < -0.3 is 10.0 Å². The lowest BCUT2D eigenvalue weighted by Crippen LogP contribution is -2.41. The maximum absolute atomic E-state index is 12.2. The quantitative estimate of drug-likeness (QED) is 0.865. The molecule has 0 unspecified atom stereocenters. The highest BCUT2D eigenvalue weighted by Gasteiger charge is 2.32. The van der Waals surface area contributed by atoms with E-state index in [0.717, 1.165) is 36.8 Å². The summed E-state index contributed by atoms with van der Waals surface area (Å²) in [4.78, 5) is 13.8. The molecule has 0 aromatic heterocycles. The van der Waals surface area contributed by atoms with E-state index in [0.29, 0.717) is 6.54 Å². The fourth-order valence-corrected chi connectivity index (χ4v) is 3.01. The number of amides is 1. The van der Waals surface area contributed by atoms with Crippen molar-refractivity contribution in [3.8, 4) is 0 Å². The Labute approximate surface area is 127 Å². The van der Waals surface area contributed by atoms with Crippen LogP contribution >= 0.6 is 0 Å². The van der Waals surface area contributed by atoms with Gasteiger partial charge in [0, 0.05) is 19.7 Å². The zero-order valence-corrected chi connectivity index (χ0v) is 13.2. The molecule has 1 fully saturated rings. The molecule has 0 radical (unpaired) electrons. The molecule has 3 nitrogen and oxygen atoms in total. The number of carbonyl (C=O) groups excluding carboxylic acids is 1. The van der Waals surface area contributed by atoms with Crippen LogP contribution in [-0.2, 0) is 4.79 Å². The van der Waals surface area contributed by atoms with Gasteiger partial charge in [-0.2, -0.15) is 0 Å². The van der Waals surface area contributed by atoms with Crippen molar-refractivity contribution < 1.29 is 9.90 Å². The molecule has 1 aliphatic carbocycles. The second kappa shape index (κ2) is 6.44. The minimum Gasteiger partial charge on any atom is -0.388 e. The van der Waals surface area contributed by atoms with Crippen molar-refractivity contribution in [3.63, 3.8) is 0 Å². The van der Waals surface area contributed by atoms with E-state index in [9.17, 15) is 9.90 Å². The lowest BCUT2D eigenvalue weighted by Gasteiger charge is -2.27. The van der Waals surface area contributed by atoms with Gasteiger partial charge in [0.05, 0.1) is 5.60 Å². The van der Waals surface area contributed by atoms with Crippen molar-refractivity contribution in [2.24, 2.45) is 0 Å². The summed E-state index contributed by atoms with van der Waals surface area (Å²) in [7, 11) is 1.75. The number of carbonyl (C=O) groups is 1. The molecule has 0 heterocycles. The van der Waals surface area contributed by atoms with Gasteiger partial charge in [-0.3, -0.25) is 4.79 Å². The number of benzene rings is 1. The molecule has 1 N–H and O–H groups in total. The van der Waals surface area contributed by atoms with Crippen LogP contribution in [0.15, 0.2) is 24.3 Å². The number of nitrogens with zero attached hydrogens (tertiary/aromatic N) is 1. The number of hydrogen-bond acceptors (Lipinski definition) is 2. The topological polar surface area (TPSA) is 40.5 Å². The predicted octanol–water partition coefficient (Wildman–Crippen LogP) is 3.08. The largest absolute Gasteiger partial charge is 0.388 e. The molecule has 0 aliphatic heterocycles. The Hall–Kier alpha value is -1.61. The molecule has 3 heteroatoms. The molecule has 1 aliphatic rings. The van der Waals surface area contributed by atoms with Crippen LogP contribution in [0.25, 0.3) is 6.08 Å². The summed E-state index contributed by atoms with van der Waals surface area (Å²) in [5, 5.41) is 10.4. The number of hydrogen-bond donors (Lipinski definition) is 1. The van der Waals surface area contributed by atoms with Gasteiger partial charge in [0.15, 0.2) is 0 Å². The van der Waals surface area contributed by atoms with Crippen molar-refractivity contribution in [2.75, 3.05) is 13.6 Å². The molecule has 0 spiro atoms. The normalized spacial score (nSPS) is 17.3. The lowest BCUT2D eigenvalue weighted by atomic mass is 10.0. The monoisotopic (exact) mass is 287 g/mol. The van der Waals surface area contributed by atoms with E-state index in [1.807, 2.05) is 25.1 Å². The SMILES string of the molecule is Cc1ccc(/C=C/C(=O)N(C)CC2(O)CCCC2)c(C)c1. The second-order valence-corrected chi connectivity index (χ2v) is 6.32. The Morgan fingerprint density at radius 3 is 2.62 bits per heavy atom. The fourth-order valence-electron chi connectivity index (χ4n) is 3.01. The summed E-state index contributed by atoms with van der Waals surface area (Å²) < 4.78 is 0. The van der Waals surface area contributed by atoms with Crippen LogP contribution in [0.3, 0.4) is 0 Å². The number of rotatable bonds is 4. The summed E-state index contributed by atoms with van der Waals surface area (Å²) in [6.45, 7) is 4.52. The minimum atomic E-state index is -0.683. The van der Waals surface area contributed by atoms with Gasteiger partial charge in [0.2, 0.25) is 5.91 Å². The number of likely N-dealkylation sites (N-methyl/N-ethyl adjacent to an activating group) is 1. The standard InChI is InChI=1S/C18H25NO2/c1-14-6-7-16(15(2)12-14)8-9-17(20)19(3)13-18(21)10-4-5-11-18/h6-9,12,21H,4-5,10-11,13H2,1-3H3/b9-8+. The molecule has 1 aromatic carbocycles. The van der Waals surface area contributed by atoms with Crippen molar-refractivity contribution >= 4 is 12.0 Å². The van der Waals surface area contributed by atoms with Crippen LogP contribution in [-0.4, -0.2) is 35.1 Å². The molecule has 21 heavy (non-hydrogen) atoms. The average Bonchev–Trinajstić information content (AvgIpc) is 2.83. The zero-order chi connectivity index (χ0) is 15.5. The average molecular weight is 287 g/mol. The molecule has 2 rings (SSSR count). The summed E-state index contributed by atoms with van der Waals surface area (Å²) in [5.41, 5.74) is 2.76. The minimum absolute atomic E-state index is 0.0599. The third kappa shape index (κ3) is 4.18. The molecular weight excluding hydrogens is 262 g/mol. The first-order valence-corrected chi connectivity index (χ1v) is 7.62. The van der Waals surface area contributed by atoms with Gasteiger partial charge in [0.25, 0.3) is 0 Å². The first kappa shape index (κ1) is 15.8. The van der Waals surface area contributed by atoms with Crippen LogP contribution in [0, 0.1) is 13.8 Å². The Balaban J connectivity index is 1.98. The van der Waals surface area contributed by atoms with Gasteiger partial charge in [-0.25, -0.2) is 0 Å². The molecule has 1 saturated carbocycles. The highest BCUT2D eigenvalue weighted by molar-refractivity contribution is 5.91. The maximum atomic E-state index is 12.2. The molecule has 0 saturated heterocycles. The summed E-state index contributed by atoms with van der Waals surface area (Å²) in [6.07, 6.45) is 7.15. The van der Waals surface area contributed by atoms with Gasteiger partial charge in [-0.1, -0.05) is 36.6 Å². The van der Waals surface area contributed by atoms with E-state index in [1.165, 1.54) is 5.56 Å². The second-order valence-electron chi connectivity index (χ2n) is 6.32. The third-order valence-corrected chi connectivity index (χ3v) is 4.27. The molecule has 1 amide bonds. The predicted molar refractivity (Wildman–Crippen MR) is 86.0 cm³/mol. The molecule has 0 atom stereocenters. The summed E-state index contributed by atoms with van der Waals surface area (Å²) >= 11 is 0. The third-order valence-electron chi connectivity index (χ3n) is 4.27. The molecule has 114 valence electrons.